The summed E-state index contributed by atoms with van der Waals surface area (Å²) in [4.78, 5) is 51.3. The number of ether oxygens (including phenoxy) is 1. The third kappa shape index (κ3) is 22.0. The van der Waals surface area contributed by atoms with Crippen LogP contribution in [0.5, 0.6) is 5.75 Å². The van der Waals surface area contributed by atoms with Crippen molar-refractivity contribution >= 4 is 23.9 Å². The number of nitrogens with one attached hydrogen (secondary N) is 1. The summed E-state index contributed by atoms with van der Waals surface area (Å²) in [6.45, 7) is 6.24. The summed E-state index contributed by atoms with van der Waals surface area (Å²) in [6, 6.07) is 12.1. The second-order valence-electron chi connectivity index (χ2n) is 10.5. The molecule has 1 aromatic carbocycles. The Bertz CT molecular complexity index is 1150. The van der Waals surface area contributed by atoms with Crippen molar-refractivity contribution in [3.05, 3.63) is 64.1 Å². The number of nitrogens with zero attached hydrogens (tertiary/aromatic N) is 2. The summed E-state index contributed by atoms with van der Waals surface area (Å²) >= 11 is 0. The van der Waals surface area contributed by atoms with E-state index in [1.165, 1.54) is 50.5 Å². The number of aliphatic carboxylic acids is 4. The van der Waals surface area contributed by atoms with Gasteiger partial charge in [0.2, 0.25) is 5.43 Å². The largest absolute Gasteiger partial charge is 0.488 e. The first kappa shape index (κ1) is 40.8. The first-order chi connectivity index (χ1) is 21.4. The Kier molecular flexibility index (Phi) is 22.8. The molecule has 0 spiro atoms. The Hall–Kier alpha value is -4.23. The number of rotatable bonds is 18. The third-order valence-corrected chi connectivity index (χ3v) is 6.26. The van der Waals surface area contributed by atoms with Crippen LogP contribution >= 0.6 is 0 Å². The van der Waals surface area contributed by atoms with Crippen LogP contribution < -0.4 is 15.5 Å². The minimum atomic E-state index is -1.82. The minimum absolute atomic E-state index is 0.0241. The summed E-state index contributed by atoms with van der Waals surface area (Å²) in [5.41, 5.74) is 2.18. The highest BCUT2D eigenvalue weighted by atomic mass is 16.5. The molecule has 13 heteroatoms. The van der Waals surface area contributed by atoms with E-state index in [2.05, 4.69) is 60.1 Å². The van der Waals surface area contributed by atoms with Gasteiger partial charge in [0.05, 0.1) is 12.8 Å². The molecule has 1 heterocycles. The highest BCUT2D eigenvalue weighted by molar-refractivity contribution is 6.27. The number of benzene rings is 1. The van der Waals surface area contributed by atoms with Gasteiger partial charge in [-0.25, -0.2) is 19.2 Å². The van der Waals surface area contributed by atoms with Crippen molar-refractivity contribution in [1.82, 2.24) is 14.8 Å². The zero-order valence-corrected chi connectivity index (χ0v) is 26.6. The summed E-state index contributed by atoms with van der Waals surface area (Å²) < 4.78 is 8.08. The number of unbranched alkanes of at least 4 members (excludes halogenated alkanes) is 7. The highest BCUT2D eigenvalue weighted by Gasteiger charge is 2.09. The van der Waals surface area contributed by atoms with Gasteiger partial charge in [0.1, 0.15) is 0 Å². The van der Waals surface area contributed by atoms with E-state index < -0.39 is 23.9 Å². The molecule has 13 nitrogen and oxygen atoms in total. The van der Waals surface area contributed by atoms with Gasteiger partial charge < -0.3 is 39.9 Å². The molecule has 2 aromatic rings. The van der Waals surface area contributed by atoms with Crippen molar-refractivity contribution in [2.75, 3.05) is 33.8 Å². The first-order valence-electron chi connectivity index (χ1n) is 15.1. The van der Waals surface area contributed by atoms with E-state index >= 15 is 0 Å². The van der Waals surface area contributed by atoms with Crippen LogP contribution in [0.3, 0.4) is 0 Å². The van der Waals surface area contributed by atoms with Crippen molar-refractivity contribution in [1.29, 1.82) is 0 Å². The topological polar surface area (TPSA) is 196 Å². The van der Waals surface area contributed by atoms with E-state index in [9.17, 15) is 4.79 Å². The predicted octanol–water partition coefficient (Wildman–Crippen LogP) is 3.77. The van der Waals surface area contributed by atoms with Gasteiger partial charge in [-0.1, -0.05) is 82.2 Å². The first-order valence-corrected chi connectivity index (χ1v) is 15.1. The van der Waals surface area contributed by atoms with Gasteiger partial charge in [0.25, 0.3) is 0 Å². The monoisotopic (exact) mass is 635 g/mol. The van der Waals surface area contributed by atoms with Crippen molar-refractivity contribution in [3.63, 3.8) is 0 Å². The maximum Gasteiger partial charge on any atom is 0.414 e. The Labute approximate surface area is 264 Å². The number of carboxylic acids is 4. The van der Waals surface area contributed by atoms with Crippen LogP contribution in [0.2, 0.25) is 0 Å². The summed E-state index contributed by atoms with van der Waals surface area (Å²) in [5, 5.41) is 33.1. The molecule has 2 rings (SSSR count). The molecule has 0 fully saturated rings. The Morgan fingerprint density at radius 2 is 1.33 bits per heavy atom. The normalized spacial score (nSPS) is 10.2. The molecule has 1 aromatic heterocycles. The number of carboxylic acid groups (broad SMARTS) is 4. The molecule has 45 heavy (non-hydrogen) atoms. The molecular weight excluding hydrogens is 586 g/mol. The molecule has 0 aliphatic rings. The van der Waals surface area contributed by atoms with Crippen LogP contribution in [0, 0.1) is 0 Å². The Morgan fingerprint density at radius 3 is 1.84 bits per heavy atom. The second-order valence-corrected chi connectivity index (χ2v) is 10.5. The molecule has 252 valence electrons. The Morgan fingerprint density at radius 1 is 0.800 bits per heavy atom. The molecule has 0 bridgehead atoms. The number of pyridine rings is 1. The molecule has 5 N–H and O–H groups in total. The zero-order valence-electron chi connectivity index (χ0n) is 26.6. The molecule has 0 amide bonds. The molecule has 0 saturated carbocycles. The standard InChI is InChI=1S/C28H45N3O2.2C2H2O4/c1-4-5-6-7-8-9-10-14-20-33-28-24-31(23-25-16-12-11-13-17-25)26(21-27(28)32)22-29-18-15-19-30(2)3;2*3-1(4)2(5)6/h11-13,16-17,21,24,29H,4-10,14-15,18-20,22-23H2,1-3H3;2*(H,3,4)(H,5,6). The fourth-order valence-corrected chi connectivity index (χ4v) is 3.94. The third-order valence-electron chi connectivity index (χ3n) is 6.26. The predicted molar refractivity (Wildman–Crippen MR) is 170 cm³/mol. The van der Waals surface area contributed by atoms with E-state index in [1.54, 1.807) is 6.07 Å². The van der Waals surface area contributed by atoms with Gasteiger partial charge in [-0.3, -0.25) is 4.79 Å². The lowest BCUT2D eigenvalue weighted by Crippen LogP contribution is -2.24. The average molecular weight is 636 g/mol. The van der Waals surface area contributed by atoms with Gasteiger partial charge in [0, 0.05) is 24.8 Å². The lowest BCUT2D eigenvalue weighted by Gasteiger charge is -2.17. The van der Waals surface area contributed by atoms with Crippen molar-refractivity contribution < 1.29 is 44.3 Å². The average Bonchev–Trinajstić information content (AvgIpc) is 2.98. The van der Waals surface area contributed by atoms with Crippen LogP contribution in [0.1, 0.15) is 76.0 Å². The van der Waals surface area contributed by atoms with Crippen LogP contribution in [0.4, 0.5) is 0 Å². The summed E-state index contributed by atoms with van der Waals surface area (Å²) in [5.74, 6) is -6.83. The number of carbonyl (C=O) groups is 4. The number of hydrogen-bond acceptors (Lipinski definition) is 8. The van der Waals surface area contributed by atoms with E-state index in [4.69, 9.17) is 44.3 Å². The van der Waals surface area contributed by atoms with Gasteiger partial charge in [-0.05, 0) is 45.6 Å². The van der Waals surface area contributed by atoms with Crippen LogP contribution in [-0.2, 0) is 32.3 Å². The summed E-state index contributed by atoms with van der Waals surface area (Å²) in [7, 11) is 4.17. The quantitative estimate of drug-likeness (QED) is 0.118. The van der Waals surface area contributed by atoms with Crippen molar-refractivity contribution in [2.24, 2.45) is 0 Å². The SMILES string of the molecule is CCCCCCCCCCOc1cn(Cc2ccccc2)c(CNCCCN(C)C)cc1=O.O=C(O)C(=O)O.O=C(O)C(=O)O. The lowest BCUT2D eigenvalue weighted by atomic mass is 10.1. The van der Waals surface area contributed by atoms with Crippen molar-refractivity contribution in [3.8, 4) is 5.75 Å². The molecule has 0 aliphatic carbocycles. The fraction of sp³-hybridized carbons (Fsp3) is 0.531. The summed E-state index contributed by atoms with van der Waals surface area (Å²) in [6.07, 6.45) is 13.0. The van der Waals surface area contributed by atoms with Gasteiger partial charge >= 0.3 is 23.9 Å². The van der Waals surface area contributed by atoms with Gasteiger partial charge in [-0.2, -0.15) is 0 Å². The minimum Gasteiger partial charge on any atom is -0.488 e. The maximum absolute atomic E-state index is 12.7. The van der Waals surface area contributed by atoms with E-state index in [1.807, 2.05) is 12.3 Å². The van der Waals surface area contributed by atoms with E-state index in [0.717, 1.165) is 38.2 Å². The molecule has 0 unspecified atom stereocenters. The fourth-order valence-electron chi connectivity index (χ4n) is 3.94. The van der Waals surface area contributed by atoms with Crippen LogP contribution in [-0.4, -0.2) is 87.6 Å². The highest BCUT2D eigenvalue weighted by Crippen LogP contribution is 2.13. The van der Waals surface area contributed by atoms with Crippen LogP contribution in [0.25, 0.3) is 0 Å². The number of hydrogen-bond donors (Lipinski definition) is 5. The molecular formula is C32H49N3O10. The van der Waals surface area contributed by atoms with Crippen LogP contribution in [0.15, 0.2) is 47.4 Å². The Balaban J connectivity index is 0.00000136. The van der Waals surface area contributed by atoms with Gasteiger partial charge in [0.15, 0.2) is 5.75 Å². The molecule has 0 radical (unpaired) electrons. The second kappa shape index (κ2) is 25.1. The van der Waals surface area contributed by atoms with Gasteiger partial charge in [-0.15, -0.1) is 0 Å². The molecule has 0 saturated heterocycles. The van der Waals surface area contributed by atoms with E-state index in [0.29, 0.717) is 18.9 Å². The van der Waals surface area contributed by atoms with Crippen molar-refractivity contribution in [2.45, 2.75) is 77.8 Å². The number of aromatic nitrogens is 1. The van der Waals surface area contributed by atoms with E-state index in [-0.39, 0.29) is 5.43 Å². The molecule has 0 atom stereocenters. The lowest BCUT2D eigenvalue weighted by molar-refractivity contribution is -0.159. The molecule has 0 aliphatic heterocycles. The zero-order chi connectivity index (χ0) is 34.0. The smallest absolute Gasteiger partial charge is 0.414 e. The maximum atomic E-state index is 12.7.